The number of hydrogen-bond donors (Lipinski definition) is 1. The molecule has 3 nitrogen and oxygen atoms in total. The highest BCUT2D eigenvalue weighted by Gasteiger charge is 2.03. The third-order valence-corrected chi connectivity index (χ3v) is 4.91. The van der Waals surface area contributed by atoms with E-state index in [-0.39, 0.29) is 12.0 Å². The second kappa shape index (κ2) is 11.1. The first kappa shape index (κ1) is 20.7. The van der Waals surface area contributed by atoms with Gasteiger partial charge in [-0.15, -0.1) is 11.8 Å². The van der Waals surface area contributed by atoms with E-state index in [1.165, 1.54) is 11.1 Å². The van der Waals surface area contributed by atoms with Crippen LogP contribution in [0.5, 0.6) is 5.75 Å². The zero-order chi connectivity index (χ0) is 18.8. The number of halogens is 1. The van der Waals surface area contributed by atoms with Crippen LogP contribution in [-0.2, 0) is 17.0 Å². The molecule has 0 saturated carbocycles. The first-order valence-corrected chi connectivity index (χ1v) is 10.4. The van der Waals surface area contributed by atoms with E-state index < -0.39 is 0 Å². The van der Waals surface area contributed by atoms with Crippen molar-refractivity contribution in [2.45, 2.75) is 38.5 Å². The van der Waals surface area contributed by atoms with Crippen LogP contribution in [0.4, 0.5) is 0 Å². The number of ether oxygens (including phenoxy) is 1. The van der Waals surface area contributed by atoms with Crippen LogP contribution in [0, 0.1) is 0 Å². The molecule has 0 aliphatic rings. The third-order valence-electron chi connectivity index (χ3n) is 3.65. The van der Waals surface area contributed by atoms with Gasteiger partial charge in [-0.05, 0) is 62.1 Å². The Hall–Kier alpha value is -1.65. The van der Waals surface area contributed by atoms with Gasteiger partial charge in [0.2, 0.25) is 5.91 Å². The number of aryl methyl sites for hydroxylation is 1. The number of amides is 1. The normalized spacial score (nSPS) is 10.8. The number of nitrogens with one attached hydrogen (secondary N) is 1. The van der Waals surface area contributed by atoms with Crippen LogP contribution in [0.3, 0.4) is 0 Å². The molecule has 5 heteroatoms. The molecule has 0 radical (unpaired) electrons. The van der Waals surface area contributed by atoms with Crippen LogP contribution < -0.4 is 10.1 Å². The molecule has 140 valence electrons. The summed E-state index contributed by atoms with van der Waals surface area (Å²) in [5, 5.41) is 3.72. The lowest BCUT2D eigenvalue weighted by molar-refractivity contribution is -0.118. The molecule has 0 aliphatic heterocycles. The maximum Gasteiger partial charge on any atom is 0.230 e. The average molecular weight is 392 g/mol. The Labute approximate surface area is 165 Å². The second-order valence-corrected chi connectivity index (χ2v) is 7.81. The van der Waals surface area contributed by atoms with Crippen LogP contribution >= 0.6 is 23.4 Å². The minimum atomic E-state index is 0.0841. The first-order chi connectivity index (χ1) is 12.5. The monoisotopic (exact) mass is 391 g/mol. The van der Waals surface area contributed by atoms with Crippen molar-refractivity contribution < 1.29 is 9.53 Å². The van der Waals surface area contributed by atoms with E-state index in [2.05, 4.69) is 17.4 Å². The van der Waals surface area contributed by atoms with E-state index in [9.17, 15) is 4.79 Å². The van der Waals surface area contributed by atoms with Crippen molar-refractivity contribution in [1.29, 1.82) is 0 Å². The number of carbonyl (C=O) groups excluding carboxylic acids is 1. The summed E-state index contributed by atoms with van der Waals surface area (Å²) in [5.74, 6) is 2.27. The molecule has 2 aromatic rings. The predicted molar refractivity (Wildman–Crippen MR) is 111 cm³/mol. The molecule has 0 saturated heterocycles. The van der Waals surface area contributed by atoms with Gasteiger partial charge in [0.1, 0.15) is 5.75 Å². The van der Waals surface area contributed by atoms with Crippen LogP contribution in [0.15, 0.2) is 48.5 Å². The van der Waals surface area contributed by atoms with Crippen molar-refractivity contribution in [1.82, 2.24) is 5.32 Å². The molecule has 0 unspecified atom stereocenters. The maximum absolute atomic E-state index is 11.9. The summed E-state index contributed by atoms with van der Waals surface area (Å²) < 4.78 is 5.71. The highest BCUT2D eigenvalue weighted by atomic mass is 35.5. The van der Waals surface area contributed by atoms with Gasteiger partial charge in [0, 0.05) is 17.3 Å². The molecule has 0 atom stereocenters. The topological polar surface area (TPSA) is 38.3 Å². The van der Waals surface area contributed by atoms with Gasteiger partial charge in [-0.1, -0.05) is 35.9 Å². The molecule has 2 aromatic carbocycles. The highest BCUT2D eigenvalue weighted by Crippen LogP contribution is 2.16. The Morgan fingerprint density at radius 3 is 2.65 bits per heavy atom. The van der Waals surface area contributed by atoms with Crippen molar-refractivity contribution in [3.63, 3.8) is 0 Å². The van der Waals surface area contributed by atoms with Crippen molar-refractivity contribution in [2.24, 2.45) is 0 Å². The highest BCUT2D eigenvalue weighted by molar-refractivity contribution is 7.99. The molecule has 0 aromatic heterocycles. The Kier molecular flexibility index (Phi) is 8.86. The zero-order valence-corrected chi connectivity index (χ0v) is 16.9. The first-order valence-electron chi connectivity index (χ1n) is 8.87. The van der Waals surface area contributed by atoms with Gasteiger partial charge in [-0.25, -0.2) is 0 Å². The Bertz CT molecular complexity index is 689. The molecule has 1 amide bonds. The van der Waals surface area contributed by atoms with Crippen LogP contribution in [0.25, 0.3) is 0 Å². The molecular formula is C21H26ClNO2S. The van der Waals surface area contributed by atoms with E-state index in [1.54, 1.807) is 11.8 Å². The Morgan fingerprint density at radius 1 is 1.15 bits per heavy atom. The number of rotatable bonds is 10. The van der Waals surface area contributed by atoms with E-state index >= 15 is 0 Å². The molecule has 26 heavy (non-hydrogen) atoms. The smallest absolute Gasteiger partial charge is 0.230 e. The van der Waals surface area contributed by atoms with Gasteiger partial charge >= 0.3 is 0 Å². The van der Waals surface area contributed by atoms with Gasteiger partial charge in [0.05, 0.1) is 11.9 Å². The van der Waals surface area contributed by atoms with Crippen molar-refractivity contribution in [3.05, 3.63) is 64.7 Å². The lowest BCUT2D eigenvalue weighted by Gasteiger charge is -2.11. The molecule has 0 aliphatic carbocycles. The molecule has 2 rings (SSSR count). The summed E-state index contributed by atoms with van der Waals surface area (Å²) in [7, 11) is 0. The molecule has 0 heterocycles. The fourth-order valence-electron chi connectivity index (χ4n) is 2.46. The minimum Gasteiger partial charge on any atom is -0.491 e. The molecule has 0 fully saturated rings. The van der Waals surface area contributed by atoms with Gasteiger partial charge in [0.15, 0.2) is 0 Å². The Morgan fingerprint density at radius 2 is 1.92 bits per heavy atom. The van der Waals surface area contributed by atoms with E-state index in [1.807, 2.05) is 50.2 Å². The van der Waals surface area contributed by atoms with Crippen molar-refractivity contribution in [3.8, 4) is 5.75 Å². The number of hydrogen-bond acceptors (Lipinski definition) is 3. The van der Waals surface area contributed by atoms with E-state index in [4.69, 9.17) is 16.3 Å². The standard InChI is InChI=1S/C21H26ClNO2S/c1-16(2)25-20-7-3-5-17(13-20)6-4-12-23-21(24)15-26-14-18-8-10-19(22)11-9-18/h3,5,7-11,13,16H,4,6,12,14-15H2,1-2H3,(H,23,24). The van der Waals surface area contributed by atoms with Crippen LogP contribution in [0.2, 0.25) is 5.02 Å². The number of thioether (sulfide) groups is 1. The minimum absolute atomic E-state index is 0.0841. The summed E-state index contributed by atoms with van der Waals surface area (Å²) >= 11 is 7.47. The summed E-state index contributed by atoms with van der Waals surface area (Å²) in [6.45, 7) is 4.73. The van der Waals surface area contributed by atoms with Gasteiger partial charge < -0.3 is 10.1 Å². The van der Waals surface area contributed by atoms with Gasteiger partial charge in [-0.2, -0.15) is 0 Å². The summed E-state index contributed by atoms with van der Waals surface area (Å²) in [6, 6.07) is 15.9. The van der Waals surface area contributed by atoms with E-state index in [0.717, 1.165) is 29.4 Å². The zero-order valence-electron chi connectivity index (χ0n) is 15.3. The summed E-state index contributed by atoms with van der Waals surface area (Å²) in [6.07, 6.45) is 2.02. The van der Waals surface area contributed by atoms with Gasteiger partial charge in [-0.3, -0.25) is 4.79 Å². The predicted octanol–water partition coefficient (Wildman–Crippen LogP) is 5.11. The third kappa shape index (κ3) is 8.15. The van der Waals surface area contributed by atoms with Crippen LogP contribution in [0.1, 0.15) is 31.4 Å². The second-order valence-electron chi connectivity index (χ2n) is 6.39. The number of carbonyl (C=O) groups is 1. The van der Waals surface area contributed by atoms with E-state index in [0.29, 0.717) is 12.3 Å². The van der Waals surface area contributed by atoms with Crippen molar-refractivity contribution in [2.75, 3.05) is 12.3 Å². The molecule has 0 bridgehead atoms. The molecular weight excluding hydrogens is 366 g/mol. The molecule has 0 spiro atoms. The largest absolute Gasteiger partial charge is 0.491 e. The Balaban J connectivity index is 1.60. The summed E-state index contributed by atoms with van der Waals surface area (Å²) in [5.41, 5.74) is 2.41. The number of benzene rings is 2. The lowest BCUT2D eigenvalue weighted by Crippen LogP contribution is -2.26. The SMILES string of the molecule is CC(C)Oc1cccc(CCCNC(=O)CSCc2ccc(Cl)cc2)c1. The fourth-order valence-corrected chi connectivity index (χ4v) is 3.40. The van der Waals surface area contributed by atoms with Gasteiger partial charge in [0.25, 0.3) is 0 Å². The molecule has 1 N–H and O–H groups in total. The maximum atomic E-state index is 11.9. The fraction of sp³-hybridized carbons (Fsp3) is 0.381. The van der Waals surface area contributed by atoms with Crippen LogP contribution in [-0.4, -0.2) is 24.3 Å². The summed E-state index contributed by atoms with van der Waals surface area (Å²) in [4.78, 5) is 11.9. The lowest BCUT2D eigenvalue weighted by atomic mass is 10.1. The quantitative estimate of drug-likeness (QED) is 0.572. The average Bonchev–Trinajstić information content (AvgIpc) is 2.60. The van der Waals surface area contributed by atoms with Crippen molar-refractivity contribution >= 4 is 29.3 Å².